The lowest BCUT2D eigenvalue weighted by atomic mass is 9.96. The van der Waals surface area contributed by atoms with Crippen molar-refractivity contribution in [2.75, 3.05) is 25.6 Å². The summed E-state index contributed by atoms with van der Waals surface area (Å²) in [5, 5.41) is 2.24. The minimum atomic E-state index is -1.78. The second-order valence-electron chi connectivity index (χ2n) is 5.65. The molecule has 3 unspecified atom stereocenters. The highest BCUT2D eigenvalue weighted by atomic mass is 35.6. The fraction of sp³-hybridized carbons (Fsp3) is 0.714. The number of carbonyl (C=O) groups excluding carboxylic acids is 3. The molecule has 0 aromatic rings. The van der Waals surface area contributed by atoms with E-state index in [2.05, 4.69) is 14.8 Å². The molecule has 1 amide bonds. The Morgan fingerprint density at radius 3 is 2.13 bits per heavy atom. The van der Waals surface area contributed by atoms with Gasteiger partial charge in [0.25, 0.3) is 0 Å². The Labute approximate surface area is 221 Å². The summed E-state index contributed by atoms with van der Waals surface area (Å²) in [7, 11) is 0. The van der Waals surface area contributed by atoms with Crippen molar-refractivity contribution in [2.45, 2.75) is 26.0 Å². The number of alkyl halides is 6. The molecule has 0 saturated carbocycles. The summed E-state index contributed by atoms with van der Waals surface area (Å²) in [4.78, 5) is 34.8. The van der Waals surface area contributed by atoms with Crippen molar-refractivity contribution in [2.24, 2.45) is 5.92 Å². The molecule has 0 radical (unpaired) electrons. The van der Waals surface area contributed by atoms with Gasteiger partial charge in [0, 0.05) is 5.75 Å². The average molecular weight is 618 g/mol. The van der Waals surface area contributed by atoms with E-state index in [-0.39, 0.29) is 12.5 Å². The van der Waals surface area contributed by atoms with Crippen LogP contribution in [0.2, 0.25) is 0 Å². The van der Waals surface area contributed by atoms with Gasteiger partial charge in [-0.15, -0.1) is 11.8 Å². The maximum absolute atomic E-state index is 11.9. The highest BCUT2D eigenvalue weighted by molar-refractivity contribution is 8.47. The molecule has 1 rings (SSSR count). The first-order valence-corrected chi connectivity index (χ1v) is 12.6. The smallest absolute Gasteiger partial charge is 0.433 e. The standard InChI is InChI=1S/C14H15Cl6NO7S3/c1-6(28-11(24)27-5-14(18,19)20)7-8(22)21-9(7)31-12(29)30-3-2-25-10(23)26-4-13(15,16)17/h6-7,9H,2-5H2,1H3,(H,21,22). The van der Waals surface area contributed by atoms with Gasteiger partial charge in [-0.3, -0.25) is 4.79 Å². The molecule has 1 aliphatic heterocycles. The molecule has 0 spiro atoms. The van der Waals surface area contributed by atoms with Gasteiger partial charge >= 0.3 is 12.3 Å². The zero-order chi connectivity index (χ0) is 23.8. The van der Waals surface area contributed by atoms with Crippen LogP contribution in [0.3, 0.4) is 0 Å². The Morgan fingerprint density at radius 1 is 1.06 bits per heavy atom. The zero-order valence-corrected chi connectivity index (χ0v) is 22.4. The molecule has 0 aromatic carbocycles. The largest absolute Gasteiger partial charge is 0.508 e. The highest BCUT2D eigenvalue weighted by Crippen LogP contribution is 2.34. The van der Waals surface area contributed by atoms with Crippen molar-refractivity contribution in [3.63, 3.8) is 0 Å². The first-order chi connectivity index (χ1) is 14.2. The summed E-state index contributed by atoms with van der Waals surface area (Å²) >= 11 is 40.4. The van der Waals surface area contributed by atoms with E-state index in [0.29, 0.717) is 9.28 Å². The number of thioether (sulfide) groups is 2. The third kappa shape index (κ3) is 13.1. The van der Waals surface area contributed by atoms with Crippen molar-refractivity contribution in [3.05, 3.63) is 0 Å². The third-order valence-electron chi connectivity index (χ3n) is 3.15. The molecule has 31 heavy (non-hydrogen) atoms. The van der Waals surface area contributed by atoms with E-state index in [9.17, 15) is 14.4 Å². The molecule has 8 nitrogen and oxygen atoms in total. The monoisotopic (exact) mass is 615 g/mol. The van der Waals surface area contributed by atoms with Gasteiger partial charge in [0.05, 0.1) is 5.37 Å². The fourth-order valence-electron chi connectivity index (χ4n) is 1.90. The van der Waals surface area contributed by atoms with E-state index >= 15 is 0 Å². The lowest BCUT2D eigenvalue weighted by molar-refractivity contribution is -0.137. The fourth-order valence-corrected chi connectivity index (χ4v) is 4.83. The molecule has 1 fully saturated rings. The maximum Gasteiger partial charge on any atom is 0.508 e. The number of β-lactam (4-membered cyclic amide) rings is 1. The molecule has 1 heterocycles. The number of hydrogen-bond acceptors (Lipinski definition) is 10. The molecular weight excluding hydrogens is 603 g/mol. The summed E-state index contributed by atoms with van der Waals surface area (Å²) in [5.41, 5.74) is 0. The van der Waals surface area contributed by atoms with Gasteiger partial charge < -0.3 is 24.3 Å². The molecule has 17 heteroatoms. The summed E-state index contributed by atoms with van der Waals surface area (Å²) in [6.07, 6.45) is -2.86. The molecular formula is C14H15Cl6NO7S3. The first kappa shape index (κ1) is 29.6. The Bertz CT molecular complexity index is 676. The Kier molecular flexibility index (Phi) is 12.8. The van der Waals surface area contributed by atoms with Crippen LogP contribution in [0, 0.1) is 5.92 Å². The van der Waals surface area contributed by atoms with Gasteiger partial charge in [-0.25, -0.2) is 9.59 Å². The normalized spacial score (nSPS) is 19.5. The Balaban J connectivity index is 2.30. The molecule has 3 atom stereocenters. The number of hydrogen-bond donors (Lipinski definition) is 1. The zero-order valence-electron chi connectivity index (χ0n) is 15.4. The quantitative estimate of drug-likeness (QED) is 0.128. The van der Waals surface area contributed by atoms with Crippen LogP contribution >= 0.6 is 105 Å². The van der Waals surface area contributed by atoms with Crippen LogP contribution in [-0.4, -0.2) is 66.4 Å². The molecule has 1 N–H and O–H groups in total. The molecule has 1 saturated heterocycles. The van der Waals surface area contributed by atoms with Gasteiger partial charge in [-0.05, 0) is 6.92 Å². The third-order valence-corrected chi connectivity index (χ3v) is 6.56. The van der Waals surface area contributed by atoms with Crippen LogP contribution in [0.25, 0.3) is 0 Å². The number of halogens is 6. The summed E-state index contributed by atoms with van der Waals surface area (Å²) < 4.78 is 16.1. The number of ether oxygens (including phenoxy) is 4. The average Bonchev–Trinajstić information content (AvgIpc) is 2.60. The highest BCUT2D eigenvalue weighted by Gasteiger charge is 2.46. The molecule has 0 bridgehead atoms. The van der Waals surface area contributed by atoms with E-state index in [4.69, 9.17) is 91.3 Å². The molecule has 0 aliphatic carbocycles. The predicted molar refractivity (Wildman–Crippen MR) is 128 cm³/mol. The van der Waals surface area contributed by atoms with Crippen molar-refractivity contribution in [1.29, 1.82) is 0 Å². The maximum atomic E-state index is 11.9. The van der Waals surface area contributed by atoms with Crippen LogP contribution in [0.4, 0.5) is 9.59 Å². The number of amides is 1. The lowest BCUT2D eigenvalue weighted by Gasteiger charge is -2.38. The Hall–Kier alpha value is 0.540. The predicted octanol–water partition coefficient (Wildman–Crippen LogP) is 5.25. The van der Waals surface area contributed by atoms with Crippen LogP contribution in [0.15, 0.2) is 0 Å². The number of thiocarbonyl (C=S) groups is 1. The number of carbonyl (C=O) groups is 3. The van der Waals surface area contributed by atoms with Gasteiger partial charge in [0.2, 0.25) is 13.5 Å². The summed E-state index contributed by atoms with van der Waals surface area (Å²) in [6.45, 7) is 0.581. The molecule has 178 valence electrons. The van der Waals surface area contributed by atoms with Gasteiger partial charge in [0.1, 0.15) is 35.4 Å². The van der Waals surface area contributed by atoms with Crippen LogP contribution in [-0.2, 0) is 23.7 Å². The van der Waals surface area contributed by atoms with E-state index in [1.807, 2.05) is 0 Å². The number of nitrogens with one attached hydrogen (secondary N) is 1. The second kappa shape index (κ2) is 13.4. The van der Waals surface area contributed by atoms with Crippen molar-refractivity contribution in [1.82, 2.24) is 5.32 Å². The minimum absolute atomic E-state index is 0.000921. The van der Waals surface area contributed by atoms with Crippen LogP contribution in [0.5, 0.6) is 0 Å². The lowest BCUT2D eigenvalue weighted by Crippen LogP contribution is -2.61. The summed E-state index contributed by atoms with van der Waals surface area (Å²) in [5.74, 6) is -0.640. The molecule has 1 aliphatic rings. The van der Waals surface area contributed by atoms with E-state index in [0.717, 1.165) is 0 Å². The minimum Gasteiger partial charge on any atom is -0.433 e. The number of rotatable bonds is 8. The first-order valence-electron chi connectivity index (χ1n) is 8.08. The summed E-state index contributed by atoms with van der Waals surface area (Å²) in [6, 6.07) is 0. The Morgan fingerprint density at radius 2 is 1.61 bits per heavy atom. The van der Waals surface area contributed by atoms with Crippen molar-refractivity contribution in [3.8, 4) is 0 Å². The van der Waals surface area contributed by atoms with Gasteiger partial charge in [0.15, 0.2) is 0 Å². The van der Waals surface area contributed by atoms with Crippen LogP contribution in [0.1, 0.15) is 6.92 Å². The van der Waals surface area contributed by atoms with E-state index in [1.54, 1.807) is 0 Å². The van der Waals surface area contributed by atoms with E-state index < -0.39 is 50.5 Å². The van der Waals surface area contributed by atoms with Crippen molar-refractivity contribution >= 4 is 127 Å². The second-order valence-corrected chi connectivity index (χ2v) is 14.1. The SMILES string of the molecule is CC(OC(=O)OCC(Cl)(Cl)Cl)C1C(=O)NC1SC(=S)SCCOC(=O)OCC(Cl)(Cl)Cl. The molecule has 0 aromatic heterocycles. The van der Waals surface area contributed by atoms with Crippen molar-refractivity contribution < 1.29 is 33.3 Å². The van der Waals surface area contributed by atoms with Gasteiger partial charge in [-0.1, -0.05) is 93.6 Å². The van der Waals surface area contributed by atoms with Gasteiger partial charge in [-0.2, -0.15) is 0 Å². The van der Waals surface area contributed by atoms with Crippen LogP contribution < -0.4 is 5.32 Å². The topological polar surface area (TPSA) is 100 Å². The van der Waals surface area contributed by atoms with E-state index in [1.165, 1.54) is 30.4 Å².